The number of rotatable bonds is 6. The Balaban J connectivity index is 1.01. The average molecular weight is 765 g/mol. The maximum Gasteiger partial charge on any atom is 0.737 e. The maximum absolute atomic E-state index is 15.8. The second kappa shape index (κ2) is 12.1. The normalized spacial score (nSPS) is 16.7. The van der Waals surface area contributed by atoms with Crippen molar-refractivity contribution in [2.45, 2.75) is 33.2 Å². The lowest BCUT2D eigenvalue weighted by molar-refractivity contribution is -0.362. The molecule has 3 aliphatic heterocycles. The molecule has 1 fully saturated rings. The summed E-state index contributed by atoms with van der Waals surface area (Å²) in [6.07, 6.45) is 6.88. The van der Waals surface area contributed by atoms with Gasteiger partial charge >= 0.3 is 12.7 Å². The Labute approximate surface area is 287 Å². The summed E-state index contributed by atoms with van der Waals surface area (Å²) in [5, 5.41) is 0.289. The number of pyridine rings is 1. The van der Waals surface area contributed by atoms with Crippen molar-refractivity contribution in [1.82, 2.24) is 28.8 Å². The molecule has 0 spiro atoms. The lowest BCUT2D eigenvalue weighted by Crippen LogP contribution is -2.51. The Hall–Kier alpha value is -4.67. The number of aryl methyl sites for hydroxylation is 2. The summed E-state index contributed by atoms with van der Waals surface area (Å²) < 4.78 is 35.8. The summed E-state index contributed by atoms with van der Waals surface area (Å²) >= 11 is 2.10. The van der Waals surface area contributed by atoms with Crippen LogP contribution in [0.5, 0.6) is 0 Å². The number of amides is 2. The molecule has 3 aliphatic rings. The number of aromatic amines is 1. The average Bonchev–Trinajstić information content (AvgIpc) is 3.62. The van der Waals surface area contributed by atoms with Crippen LogP contribution in [0.15, 0.2) is 70.0 Å². The second-order valence-electron chi connectivity index (χ2n) is 12.3. The summed E-state index contributed by atoms with van der Waals surface area (Å²) in [6, 6.07) is 10.3. The molecule has 0 radical (unpaired) electrons. The lowest BCUT2D eigenvalue weighted by Gasteiger charge is -2.35. The minimum atomic E-state index is -4.09. The van der Waals surface area contributed by atoms with Crippen molar-refractivity contribution in [3.63, 3.8) is 0 Å². The van der Waals surface area contributed by atoms with E-state index in [1.54, 1.807) is 65.3 Å². The van der Waals surface area contributed by atoms with Gasteiger partial charge in [0.25, 0.3) is 11.5 Å². The summed E-state index contributed by atoms with van der Waals surface area (Å²) in [5.74, 6) is -0.341. The Bertz CT molecular complexity index is 2250. The van der Waals surface area contributed by atoms with E-state index in [9.17, 15) is 19.2 Å². The number of carbonyl (C=O) groups is 2. The van der Waals surface area contributed by atoms with Crippen LogP contribution in [0, 0.1) is 17.4 Å². The number of H-pyrrole nitrogens is 1. The smallest absolute Gasteiger partial charge is 0.394 e. The largest absolute Gasteiger partial charge is 0.737 e. The first-order valence-electron chi connectivity index (χ1n) is 15.6. The third-order valence-electron chi connectivity index (χ3n) is 9.28. The molecule has 0 atom stereocenters. The van der Waals surface area contributed by atoms with Gasteiger partial charge in [-0.2, -0.15) is 0 Å². The molecule has 6 heterocycles. The van der Waals surface area contributed by atoms with Crippen molar-refractivity contribution in [2.24, 2.45) is 0 Å². The van der Waals surface area contributed by atoms with Gasteiger partial charge < -0.3 is 27.4 Å². The van der Waals surface area contributed by atoms with Gasteiger partial charge in [-0.1, -0.05) is 6.07 Å². The van der Waals surface area contributed by atoms with Crippen LogP contribution in [0.4, 0.5) is 8.63 Å². The van der Waals surface area contributed by atoms with Gasteiger partial charge in [-0.15, -0.1) is 0 Å². The fraction of sp³-hybridized carbons (Fsp3) is 0.273. The zero-order valence-corrected chi connectivity index (χ0v) is 28.4. The number of carbonyl (C=O) groups excluding carboxylic acids is 2. The van der Waals surface area contributed by atoms with Gasteiger partial charge in [-0.25, -0.2) is 9.78 Å². The number of nitrogens with one attached hydrogen (secondary N) is 1. The van der Waals surface area contributed by atoms with E-state index in [1.807, 2.05) is 13.0 Å². The zero-order valence-electron chi connectivity index (χ0n) is 26.3. The third-order valence-corrected chi connectivity index (χ3v) is 10.2. The summed E-state index contributed by atoms with van der Waals surface area (Å²) in [6.45, 7) is 0.822. The van der Waals surface area contributed by atoms with Gasteiger partial charge in [0.15, 0.2) is 5.70 Å². The maximum atomic E-state index is 15.8. The Kier molecular flexibility index (Phi) is 8.04. The predicted octanol–water partition coefficient (Wildman–Crippen LogP) is 3.52. The molecule has 2 amide bonds. The highest BCUT2D eigenvalue weighted by atomic mass is 127. The van der Waals surface area contributed by atoms with Gasteiger partial charge in [-0.05, 0) is 83.6 Å². The first-order chi connectivity index (χ1) is 22.9. The minimum absolute atomic E-state index is 0.0771. The standard InChI is InChI=1S/C33H31BF2IN7O4/c1-20-16-21(2)43-28(20)18-24-7-6-23(44(24)34(43,35)36)8-10-29(45)40-12-14-41(15-13-40)32(47)26-17-22(5-9-27(26)37)19-42-30-25(4-3-11-38-30)31(46)39-33(42)48/h3-7,9,11,16-18H,8,10,12-15,19H2,1-2H3,(H,39,46,48). The number of allylic oxidation sites excluding steroid dienone is 2. The number of hydrogen-bond donors (Lipinski definition) is 1. The number of nitrogens with zero attached hydrogens (tertiary/aromatic N) is 6. The van der Waals surface area contributed by atoms with Crippen molar-refractivity contribution in [3.8, 4) is 0 Å². The van der Waals surface area contributed by atoms with Crippen molar-refractivity contribution in [1.29, 1.82) is 0 Å². The lowest BCUT2D eigenvalue weighted by atomic mass is 9.90. The van der Waals surface area contributed by atoms with Crippen LogP contribution in [-0.2, 0) is 11.3 Å². The van der Waals surface area contributed by atoms with E-state index in [1.165, 1.54) is 10.8 Å². The third kappa shape index (κ3) is 5.43. The van der Waals surface area contributed by atoms with Gasteiger partial charge in [0.2, 0.25) is 5.91 Å². The molecule has 246 valence electrons. The molecule has 0 saturated carbocycles. The van der Waals surface area contributed by atoms with Gasteiger partial charge in [0, 0.05) is 72.7 Å². The van der Waals surface area contributed by atoms with Crippen molar-refractivity contribution >= 4 is 64.2 Å². The molecule has 0 bridgehead atoms. The predicted molar refractivity (Wildman–Crippen MR) is 186 cm³/mol. The fourth-order valence-electron chi connectivity index (χ4n) is 6.90. The van der Waals surface area contributed by atoms with Crippen LogP contribution < -0.4 is 11.2 Å². The first-order valence-corrected chi connectivity index (χ1v) is 16.7. The molecule has 7 rings (SSSR count). The number of piperazine rings is 1. The van der Waals surface area contributed by atoms with Crippen LogP contribution in [0.2, 0.25) is 0 Å². The molecule has 1 N–H and O–H groups in total. The molecule has 4 aromatic rings. The quantitative estimate of drug-likeness (QED) is 0.239. The van der Waals surface area contributed by atoms with Crippen molar-refractivity contribution in [2.75, 3.05) is 26.2 Å². The van der Waals surface area contributed by atoms with E-state index < -0.39 is 18.2 Å². The van der Waals surface area contributed by atoms with Crippen molar-refractivity contribution in [3.05, 3.63) is 113 Å². The van der Waals surface area contributed by atoms with Gasteiger partial charge in [-0.3, -0.25) is 23.9 Å². The molecule has 1 saturated heterocycles. The molecule has 15 heteroatoms. The van der Waals surface area contributed by atoms with E-state index in [0.29, 0.717) is 60.1 Å². The molecule has 0 aliphatic carbocycles. The zero-order chi connectivity index (χ0) is 33.9. The summed E-state index contributed by atoms with van der Waals surface area (Å²) in [4.78, 5) is 61.6. The van der Waals surface area contributed by atoms with Crippen LogP contribution in [-0.4, -0.2) is 84.0 Å². The van der Waals surface area contributed by atoms with E-state index in [4.69, 9.17) is 0 Å². The van der Waals surface area contributed by atoms with Gasteiger partial charge in [0.1, 0.15) is 11.4 Å². The minimum Gasteiger partial charge on any atom is -0.394 e. The Morgan fingerprint density at radius 1 is 1.04 bits per heavy atom. The number of benzene rings is 1. The van der Waals surface area contributed by atoms with E-state index in [2.05, 4.69) is 32.6 Å². The molecule has 11 nitrogen and oxygen atoms in total. The fourth-order valence-corrected chi connectivity index (χ4v) is 7.47. The summed E-state index contributed by atoms with van der Waals surface area (Å²) in [5.41, 5.74) is 2.94. The van der Waals surface area contributed by atoms with Crippen LogP contribution in [0.3, 0.4) is 0 Å². The second-order valence-corrected chi connectivity index (χ2v) is 13.4. The number of aromatic nitrogens is 4. The Morgan fingerprint density at radius 3 is 2.56 bits per heavy atom. The van der Waals surface area contributed by atoms with Crippen LogP contribution in [0.1, 0.15) is 45.7 Å². The van der Waals surface area contributed by atoms with Crippen molar-refractivity contribution < 1.29 is 22.7 Å². The highest BCUT2D eigenvalue weighted by Crippen LogP contribution is 2.34. The van der Waals surface area contributed by atoms with Crippen LogP contribution in [0.25, 0.3) is 17.1 Å². The highest BCUT2D eigenvalue weighted by Gasteiger charge is 2.52. The molecule has 0 unspecified atom stereocenters. The molecule has 1 aromatic carbocycles. The number of fused-ring (bicyclic) bond motifs is 3. The molecule has 3 aromatic heterocycles. The molecular formula is C33H31BF2IN7O4. The highest BCUT2D eigenvalue weighted by molar-refractivity contribution is 14.1. The number of hydrogen-bond acceptors (Lipinski definition) is 5. The van der Waals surface area contributed by atoms with E-state index >= 15 is 8.63 Å². The molecule has 48 heavy (non-hydrogen) atoms. The Morgan fingerprint density at radius 2 is 1.79 bits per heavy atom. The monoisotopic (exact) mass is 765 g/mol. The van der Waals surface area contributed by atoms with E-state index in [0.717, 1.165) is 18.1 Å². The van der Waals surface area contributed by atoms with Gasteiger partial charge in [0.05, 0.1) is 17.5 Å². The SMILES string of the molecule is Cc1cc(C)n2c1C=C1C=CC(CCC(=O)N3CCN(C(=O)c4cc(Cn5c(=O)[nH]c(=O)c6cccnc65)ccc4I)CC3)=[N+]1[B-]2(F)F. The summed E-state index contributed by atoms with van der Waals surface area (Å²) in [7, 11) is 0. The number of halogens is 3. The van der Waals surface area contributed by atoms with Crippen LogP contribution >= 0.6 is 22.6 Å². The molecular weight excluding hydrogens is 734 g/mol. The topological polar surface area (TPSA) is 116 Å². The first kappa shape index (κ1) is 31.9. The van der Waals surface area contributed by atoms with E-state index in [-0.39, 0.29) is 42.2 Å².